The molecule has 9 nitrogen and oxygen atoms in total. The quantitative estimate of drug-likeness (QED) is 0.723. The molecule has 2 unspecified atom stereocenters. The number of pyridine rings is 2. The third kappa shape index (κ3) is 3.58. The van der Waals surface area contributed by atoms with Gasteiger partial charge < -0.3 is 25.4 Å². The number of nitrogens with one attached hydrogen (secondary N) is 2. The van der Waals surface area contributed by atoms with Gasteiger partial charge in [0.2, 0.25) is 0 Å². The number of ether oxygens (including phenoxy) is 1. The van der Waals surface area contributed by atoms with E-state index < -0.39 is 0 Å². The van der Waals surface area contributed by atoms with Gasteiger partial charge in [0, 0.05) is 25.3 Å². The Morgan fingerprint density at radius 1 is 1.38 bits per heavy atom. The van der Waals surface area contributed by atoms with Crippen LogP contribution >= 0.6 is 0 Å². The van der Waals surface area contributed by atoms with E-state index in [0.29, 0.717) is 49.8 Å². The number of rotatable bonds is 3. The molecule has 1 saturated heterocycles. The molecular formula is C20H24N6O3. The summed E-state index contributed by atoms with van der Waals surface area (Å²) in [5.41, 5.74) is 1.50. The lowest BCUT2D eigenvalue weighted by molar-refractivity contribution is 0.0723. The maximum absolute atomic E-state index is 13.1. The highest BCUT2D eigenvalue weighted by Crippen LogP contribution is 2.42. The van der Waals surface area contributed by atoms with Crippen LogP contribution in [0.4, 0.5) is 27.8 Å². The fourth-order valence-corrected chi connectivity index (χ4v) is 3.98. The van der Waals surface area contributed by atoms with Crippen molar-refractivity contribution in [3.63, 3.8) is 0 Å². The van der Waals surface area contributed by atoms with Gasteiger partial charge in [0.05, 0.1) is 43.4 Å². The van der Waals surface area contributed by atoms with E-state index in [2.05, 4.69) is 15.6 Å². The molecule has 0 spiro atoms. The first-order valence-corrected chi connectivity index (χ1v) is 9.94. The lowest BCUT2D eigenvalue weighted by Gasteiger charge is -2.36. The van der Waals surface area contributed by atoms with Crippen LogP contribution in [0, 0.1) is 5.92 Å². The molecule has 1 saturated carbocycles. The fraction of sp³-hybridized carbons (Fsp3) is 0.450. The number of fused-ring (bicyclic) bond motifs is 2. The fourth-order valence-electron chi connectivity index (χ4n) is 3.98. The number of morpholine rings is 1. The van der Waals surface area contributed by atoms with Crippen LogP contribution in [-0.4, -0.2) is 66.1 Å². The number of carbonyl (C=O) groups is 1. The zero-order valence-electron chi connectivity index (χ0n) is 16.0. The minimum absolute atomic E-state index is 0.00757. The van der Waals surface area contributed by atoms with E-state index in [-0.39, 0.29) is 18.7 Å². The van der Waals surface area contributed by atoms with E-state index in [9.17, 15) is 9.90 Å². The lowest BCUT2D eigenvalue weighted by Crippen LogP contribution is -2.48. The molecule has 3 aliphatic rings. The van der Waals surface area contributed by atoms with Crippen molar-refractivity contribution in [1.82, 2.24) is 9.97 Å². The molecule has 2 aliphatic heterocycles. The molecule has 2 aromatic rings. The Balaban J connectivity index is 1.46. The molecule has 152 valence electrons. The molecule has 5 rings (SSSR count). The van der Waals surface area contributed by atoms with Gasteiger partial charge in [0.25, 0.3) is 0 Å². The van der Waals surface area contributed by atoms with Crippen molar-refractivity contribution in [2.75, 3.05) is 53.3 Å². The van der Waals surface area contributed by atoms with Crippen molar-refractivity contribution in [3.05, 3.63) is 36.7 Å². The Hall–Kier alpha value is -2.91. The van der Waals surface area contributed by atoms with Gasteiger partial charge in [-0.1, -0.05) is 0 Å². The van der Waals surface area contributed by atoms with Gasteiger partial charge in [-0.3, -0.25) is 9.88 Å². The number of anilines is 4. The van der Waals surface area contributed by atoms with E-state index in [1.165, 1.54) is 0 Å². The summed E-state index contributed by atoms with van der Waals surface area (Å²) in [5.74, 6) is 1.77. The predicted octanol–water partition coefficient (Wildman–Crippen LogP) is 1.53. The Morgan fingerprint density at radius 3 is 3.14 bits per heavy atom. The lowest BCUT2D eigenvalue weighted by atomic mass is 10.2. The summed E-state index contributed by atoms with van der Waals surface area (Å²) in [7, 11) is 0. The largest absolute Gasteiger partial charge is 0.394 e. The third-order valence-corrected chi connectivity index (χ3v) is 5.69. The number of hydrogen-bond acceptors (Lipinski definition) is 7. The van der Waals surface area contributed by atoms with Gasteiger partial charge in [0.1, 0.15) is 5.82 Å². The Morgan fingerprint density at radius 2 is 2.31 bits per heavy atom. The second-order valence-corrected chi connectivity index (χ2v) is 7.67. The molecule has 2 aromatic heterocycles. The molecule has 1 aliphatic carbocycles. The van der Waals surface area contributed by atoms with Crippen LogP contribution in [-0.2, 0) is 4.74 Å². The summed E-state index contributed by atoms with van der Waals surface area (Å²) in [4.78, 5) is 25.8. The molecule has 29 heavy (non-hydrogen) atoms. The SMILES string of the molecule is O=C(Nc1cccnc1)N1CC2CC2Nc2ccc(N3CCOC[C@@H]3CO)nc21. The number of urea groups is 1. The summed E-state index contributed by atoms with van der Waals surface area (Å²) < 4.78 is 5.48. The topological polar surface area (TPSA) is 103 Å². The Kier molecular flexibility index (Phi) is 4.69. The highest BCUT2D eigenvalue weighted by Gasteiger charge is 2.43. The van der Waals surface area contributed by atoms with E-state index in [4.69, 9.17) is 9.72 Å². The molecule has 2 fully saturated rings. The van der Waals surface area contributed by atoms with Crippen LogP contribution in [0.2, 0.25) is 0 Å². The standard InChI is InChI=1S/C20H24N6O3/c27-11-15-12-29-7-6-25(15)18-4-3-16-19(24-18)26(10-13-8-17(13)23-16)20(28)22-14-2-1-5-21-9-14/h1-5,9,13,15,17,23,27H,6-8,10-12H2,(H,22,28)/t13?,15-,17?/m0/s1. The Labute approximate surface area is 168 Å². The van der Waals surface area contributed by atoms with Gasteiger partial charge in [-0.25, -0.2) is 9.78 Å². The van der Waals surface area contributed by atoms with Crippen LogP contribution in [0.1, 0.15) is 6.42 Å². The van der Waals surface area contributed by atoms with Gasteiger partial charge in [-0.05, 0) is 36.6 Å². The van der Waals surface area contributed by atoms with Crippen molar-refractivity contribution in [2.24, 2.45) is 5.92 Å². The van der Waals surface area contributed by atoms with Crippen LogP contribution in [0.5, 0.6) is 0 Å². The van der Waals surface area contributed by atoms with E-state index in [1.807, 2.05) is 23.1 Å². The van der Waals surface area contributed by atoms with Gasteiger partial charge in [-0.15, -0.1) is 0 Å². The number of aromatic nitrogens is 2. The molecule has 0 bridgehead atoms. The zero-order valence-corrected chi connectivity index (χ0v) is 16.0. The second-order valence-electron chi connectivity index (χ2n) is 7.67. The van der Waals surface area contributed by atoms with Gasteiger partial charge >= 0.3 is 6.03 Å². The molecule has 0 radical (unpaired) electrons. The number of hydrogen-bond donors (Lipinski definition) is 3. The monoisotopic (exact) mass is 396 g/mol. The second kappa shape index (κ2) is 7.49. The maximum atomic E-state index is 13.1. The van der Waals surface area contributed by atoms with Crippen LogP contribution < -0.4 is 20.4 Å². The summed E-state index contributed by atoms with van der Waals surface area (Å²) in [5, 5.41) is 16.1. The van der Waals surface area contributed by atoms with Crippen LogP contribution in [0.25, 0.3) is 0 Å². The minimum atomic E-state index is -0.223. The molecule has 3 N–H and O–H groups in total. The smallest absolute Gasteiger partial charge is 0.327 e. The normalized spacial score (nSPS) is 25.3. The average molecular weight is 396 g/mol. The number of aliphatic hydroxyl groups is 1. The highest BCUT2D eigenvalue weighted by molar-refractivity contribution is 6.03. The third-order valence-electron chi connectivity index (χ3n) is 5.69. The van der Waals surface area contributed by atoms with Crippen molar-refractivity contribution in [1.29, 1.82) is 0 Å². The first kappa shape index (κ1) is 18.1. The molecule has 2 amide bonds. The van der Waals surface area contributed by atoms with E-state index in [0.717, 1.165) is 17.9 Å². The van der Waals surface area contributed by atoms with Gasteiger partial charge in [0.15, 0.2) is 5.82 Å². The van der Waals surface area contributed by atoms with Crippen molar-refractivity contribution in [2.45, 2.75) is 18.5 Å². The average Bonchev–Trinajstić information content (AvgIpc) is 3.51. The number of nitrogens with zero attached hydrogens (tertiary/aromatic N) is 4. The number of carbonyl (C=O) groups excluding carboxylic acids is 1. The predicted molar refractivity (Wildman–Crippen MR) is 109 cm³/mol. The molecule has 0 aromatic carbocycles. The van der Waals surface area contributed by atoms with Crippen molar-refractivity contribution < 1.29 is 14.6 Å². The molecule has 3 atom stereocenters. The number of aliphatic hydroxyl groups excluding tert-OH is 1. The highest BCUT2D eigenvalue weighted by atomic mass is 16.5. The molecule has 4 heterocycles. The summed E-state index contributed by atoms with van der Waals surface area (Å²) in [6.45, 7) is 2.30. The summed E-state index contributed by atoms with van der Waals surface area (Å²) in [6.07, 6.45) is 4.34. The zero-order chi connectivity index (χ0) is 19.8. The van der Waals surface area contributed by atoms with E-state index >= 15 is 0 Å². The first-order valence-electron chi connectivity index (χ1n) is 9.94. The molecular weight excluding hydrogens is 372 g/mol. The number of amides is 2. The summed E-state index contributed by atoms with van der Waals surface area (Å²) in [6, 6.07) is 7.54. The summed E-state index contributed by atoms with van der Waals surface area (Å²) >= 11 is 0. The first-order chi connectivity index (χ1) is 14.2. The Bertz CT molecular complexity index is 895. The van der Waals surface area contributed by atoms with Crippen molar-refractivity contribution >= 4 is 29.0 Å². The maximum Gasteiger partial charge on any atom is 0.327 e. The van der Waals surface area contributed by atoms with Crippen LogP contribution in [0.15, 0.2) is 36.7 Å². The minimum Gasteiger partial charge on any atom is -0.394 e. The van der Waals surface area contributed by atoms with Crippen molar-refractivity contribution in [3.8, 4) is 0 Å². The molecule has 9 heteroatoms. The van der Waals surface area contributed by atoms with E-state index in [1.54, 1.807) is 23.4 Å². The van der Waals surface area contributed by atoms with Gasteiger partial charge in [-0.2, -0.15) is 0 Å². The van der Waals surface area contributed by atoms with Crippen LogP contribution in [0.3, 0.4) is 0 Å².